The summed E-state index contributed by atoms with van der Waals surface area (Å²) in [6, 6.07) is 22.4. The fourth-order valence-electron chi connectivity index (χ4n) is 4.50. The maximum atomic E-state index is 13.3. The van der Waals surface area contributed by atoms with Crippen molar-refractivity contribution in [2.75, 3.05) is 12.4 Å². The Balaban J connectivity index is 1.35. The fourth-order valence-corrected chi connectivity index (χ4v) is 5.27. The number of hydrogen-bond donors (Lipinski definition) is 0. The van der Waals surface area contributed by atoms with Crippen molar-refractivity contribution in [2.24, 2.45) is 0 Å². The molecule has 0 N–H and O–H groups in total. The van der Waals surface area contributed by atoms with Gasteiger partial charge >= 0.3 is 0 Å². The topological polar surface area (TPSA) is 43.4 Å². The van der Waals surface area contributed by atoms with Crippen LogP contribution in [0.2, 0.25) is 0 Å². The Morgan fingerprint density at radius 2 is 1.81 bits per heavy atom. The zero-order chi connectivity index (χ0) is 21.4. The normalized spacial score (nSPS) is 16.9. The van der Waals surface area contributed by atoms with Gasteiger partial charge in [-0.25, -0.2) is 0 Å². The average Bonchev–Trinajstić information content (AvgIpc) is 3.49. The summed E-state index contributed by atoms with van der Waals surface area (Å²) in [7, 11) is -0.942. The van der Waals surface area contributed by atoms with Crippen LogP contribution in [0.1, 0.15) is 36.5 Å². The second-order valence-electron chi connectivity index (χ2n) is 8.46. The highest BCUT2D eigenvalue weighted by Crippen LogP contribution is 2.51. The third kappa shape index (κ3) is 3.85. The maximum absolute atomic E-state index is 13.3. The zero-order valence-corrected chi connectivity index (χ0v) is 18.5. The van der Waals surface area contributed by atoms with Gasteiger partial charge in [0, 0.05) is 23.5 Å². The van der Waals surface area contributed by atoms with Crippen molar-refractivity contribution in [3.05, 3.63) is 83.4 Å². The van der Waals surface area contributed by atoms with Gasteiger partial charge in [0.2, 0.25) is 0 Å². The van der Waals surface area contributed by atoms with E-state index in [1.54, 1.807) is 0 Å². The molecule has 2 aliphatic rings. The molecule has 0 bridgehead atoms. The number of hydrogen-bond acceptors (Lipinski definition) is 3. The molecule has 3 nitrogen and oxygen atoms in total. The molecular weight excluding hydrogens is 404 g/mol. The van der Waals surface area contributed by atoms with Gasteiger partial charge in [-0.2, -0.15) is 0 Å². The van der Waals surface area contributed by atoms with E-state index in [0.717, 1.165) is 58.8 Å². The minimum Gasteiger partial charge on any atom is -0.493 e. The van der Waals surface area contributed by atoms with E-state index in [-0.39, 0.29) is 11.2 Å². The van der Waals surface area contributed by atoms with Gasteiger partial charge in [-0.05, 0) is 58.9 Å². The number of benzene rings is 3. The van der Waals surface area contributed by atoms with E-state index in [1.807, 2.05) is 43.3 Å². The van der Waals surface area contributed by atoms with E-state index < -0.39 is 10.8 Å². The average molecular weight is 431 g/mol. The number of rotatable bonds is 7. The first kappa shape index (κ1) is 20.2. The van der Waals surface area contributed by atoms with E-state index in [2.05, 4.69) is 30.3 Å². The van der Waals surface area contributed by atoms with Crippen molar-refractivity contribution in [3.8, 4) is 16.9 Å². The highest BCUT2D eigenvalue weighted by molar-refractivity contribution is 7.85. The van der Waals surface area contributed by atoms with Crippen LogP contribution in [-0.2, 0) is 33.9 Å². The first-order valence-electron chi connectivity index (χ1n) is 11.0. The molecule has 3 aromatic carbocycles. The summed E-state index contributed by atoms with van der Waals surface area (Å²) < 4.78 is 17.7. The van der Waals surface area contributed by atoms with Crippen LogP contribution in [0.3, 0.4) is 0 Å². The van der Waals surface area contributed by atoms with Crippen LogP contribution in [0.15, 0.2) is 71.6 Å². The Bertz CT molecular complexity index is 1160. The molecule has 0 aromatic heterocycles. The molecule has 3 aromatic rings. The quantitative estimate of drug-likeness (QED) is 0.514. The van der Waals surface area contributed by atoms with Crippen molar-refractivity contribution >= 4 is 16.6 Å². The molecule has 0 amide bonds. The Kier molecular flexibility index (Phi) is 5.27. The molecule has 0 radical (unpaired) electrons. The van der Waals surface area contributed by atoms with Crippen LogP contribution < -0.4 is 4.74 Å². The van der Waals surface area contributed by atoms with Gasteiger partial charge in [-0.1, -0.05) is 55.5 Å². The summed E-state index contributed by atoms with van der Waals surface area (Å²) in [5, 5.41) is 0. The maximum Gasteiger partial charge on any atom is 0.147 e. The number of Topliss-reactive ketones (excluding diaryl/α,β-unsaturated/α-hetero) is 1. The third-order valence-corrected chi connectivity index (χ3v) is 7.86. The molecule has 158 valence electrons. The minimum absolute atomic E-state index is 0.288. The lowest BCUT2D eigenvalue weighted by Crippen LogP contribution is -2.22. The Hall–Kier alpha value is -2.72. The smallest absolute Gasteiger partial charge is 0.147 e. The minimum atomic E-state index is -0.942. The summed E-state index contributed by atoms with van der Waals surface area (Å²) in [5.74, 6) is 1.86. The van der Waals surface area contributed by atoms with Gasteiger partial charge in [-0.3, -0.25) is 9.00 Å². The van der Waals surface area contributed by atoms with Crippen molar-refractivity contribution in [2.45, 2.75) is 42.9 Å². The van der Waals surface area contributed by atoms with Crippen molar-refractivity contribution < 1.29 is 13.7 Å². The van der Waals surface area contributed by atoms with Crippen LogP contribution >= 0.6 is 0 Å². The van der Waals surface area contributed by atoms with Crippen LogP contribution in [0.4, 0.5) is 0 Å². The molecule has 1 heterocycles. The molecule has 1 aliphatic carbocycles. The standard InChI is InChI=1S/C27H26O3S/c1-2-31(29)24-10-7-20(8-11-24)22-5-3-4-19(16-22)17-26(28)27(13-14-27)23-9-6-21-12-15-30-25(21)18-23/h3-11,16,18H,2,12-15,17H2,1H3. The summed E-state index contributed by atoms with van der Waals surface area (Å²) in [4.78, 5) is 14.2. The molecule has 4 heteroatoms. The largest absolute Gasteiger partial charge is 0.493 e. The van der Waals surface area contributed by atoms with Crippen molar-refractivity contribution in [3.63, 3.8) is 0 Å². The van der Waals surface area contributed by atoms with Gasteiger partial charge in [0.1, 0.15) is 11.5 Å². The lowest BCUT2D eigenvalue weighted by atomic mass is 9.87. The number of carbonyl (C=O) groups excluding carboxylic acids is 1. The van der Waals surface area contributed by atoms with E-state index in [1.165, 1.54) is 5.56 Å². The first-order chi connectivity index (χ1) is 15.1. The van der Waals surface area contributed by atoms with Crippen LogP contribution in [0, 0.1) is 0 Å². The number of fused-ring (bicyclic) bond motifs is 1. The molecule has 0 saturated heterocycles. The third-order valence-electron chi connectivity index (χ3n) is 6.54. The Morgan fingerprint density at radius 1 is 1.00 bits per heavy atom. The van der Waals surface area contributed by atoms with Crippen LogP contribution in [-0.4, -0.2) is 22.4 Å². The molecule has 5 rings (SSSR count). The molecule has 1 saturated carbocycles. The van der Waals surface area contributed by atoms with Crippen LogP contribution in [0.5, 0.6) is 5.75 Å². The molecule has 0 spiro atoms. The van der Waals surface area contributed by atoms with Crippen molar-refractivity contribution in [1.29, 1.82) is 0 Å². The first-order valence-corrected chi connectivity index (χ1v) is 12.3. The molecule has 1 fully saturated rings. The van der Waals surface area contributed by atoms with E-state index in [0.29, 0.717) is 12.2 Å². The van der Waals surface area contributed by atoms with E-state index in [4.69, 9.17) is 4.74 Å². The Labute approximate surface area is 185 Å². The number of carbonyl (C=O) groups is 1. The summed E-state index contributed by atoms with van der Waals surface area (Å²) in [6.45, 7) is 2.66. The van der Waals surface area contributed by atoms with E-state index >= 15 is 0 Å². The second kappa shape index (κ2) is 8.08. The van der Waals surface area contributed by atoms with Crippen molar-refractivity contribution in [1.82, 2.24) is 0 Å². The lowest BCUT2D eigenvalue weighted by molar-refractivity contribution is -0.120. The van der Waals surface area contributed by atoms with Crippen LogP contribution in [0.25, 0.3) is 11.1 Å². The van der Waals surface area contributed by atoms with E-state index in [9.17, 15) is 9.00 Å². The van der Waals surface area contributed by atoms with Gasteiger partial charge in [-0.15, -0.1) is 0 Å². The van der Waals surface area contributed by atoms with Gasteiger partial charge < -0.3 is 4.74 Å². The monoisotopic (exact) mass is 430 g/mol. The zero-order valence-electron chi connectivity index (χ0n) is 17.7. The Morgan fingerprint density at radius 3 is 2.55 bits per heavy atom. The molecule has 1 unspecified atom stereocenters. The number of ketones is 1. The predicted octanol–water partition coefficient (Wildman–Crippen LogP) is 5.26. The molecule has 31 heavy (non-hydrogen) atoms. The van der Waals surface area contributed by atoms with Gasteiger partial charge in [0.15, 0.2) is 0 Å². The highest BCUT2D eigenvalue weighted by atomic mass is 32.2. The van der Waals surface area contributed by atoms with Gasteiger partial charge in [0.25, 0.3) is 0 Å². The molecule has 1 aliphatic heterocycles. The van der Waals surface area contributed by atoms with Gasteiger partial charge in [0.05, 0.1) is 22.8 Å². The summed E-state index contributed by atoms with van der Waals surface area (Å²) in [5.41, 5.74) is 5.19. The predicted molar refractivity (Wildman–Crippen MR) is 124 cm³/mol. The molecule has 1 atom stereocenters. The lowest BCUT2D eigenvalue weighted by Gasteiger charge is -2.16. The SMILES string of the molecule is CCS(=O)c1ccc(-c2cccc(CC(=O)C3(c4ccc5c(c4)OCC5)CC3)c2)cc1. The number of ether oxygens (including phenoxy) is 1. The highest BCUT2D eigenvalue weighted by Gasteiger charge is 2.50. The fraction of sp³-hybridized carbons (Fsp3) is 0.296. The molecular formula is C27H26O3S. The summed E-state index contributed by atoms with van der Waals surface area (Å²) in [6.07, 6.45) is 3.23. The second-order valence-corrected chi connectivity index (χ2v) is 10.2. The summed E-state index contributed by atoms with van der Waals surface area (Å²) >= 11 is 0.